The Balaban J connectivity index is 2.11. The highest BCUT2D eigenvalue weighted by molar-refractivity contribution is 5.71. The fourth-order valence-electron chi connectivity index (χ4n) is 2.28. The number of pyridine rings is 1. The number of benzene rings is 2. The van der Waals surface area contributed by atoms with Gasteiger partial charge >= 0.3 is 0 Å². The molecule has 3 rings (SSSR count). The third kappa shape index (κ3) is 3.11. The van der Waals surface area contributed by atoms with E-state index in [1.54, 1.807) is 0 Å². The van der Waals surface area contributed by atoms with E-state index in [-0.39, 0.29) is 0 Å². The minimum atomic E-state index is 0.611. The summed E-state index contributed by atoms with van der Waals surface area (Å²) >= 11 is 0. The summed E-state index contributed by atoms with van der Waals surface area (Å²) in [7, 11) is 0. The van der Waals surface area contributed by atoms with Crippen LogP contribution in [0.2, 0.25) is 0 Å². The Morgan fingerprint density at radius 2 is 1.38 bits per heavy atom. The smallest absolute Gasteiger partial charge is 0.214 e. The van der Waals surface area contributed by atoms with Gasteiger partial charge in [-0.1, -0.05) is 60.7 Å². The number of hydrogen-bond donors (Lipinski definition) is 0. The molecule has 0 unspecified atom stereocenters. The second-order valence-electron chi connectivity index (χ2n) is 4.74. The summed E-state index contributed by atoms with van der Waals surface area (Å²) in [6.45, 7) is 2.58. The van der Waals surface area contributed by atoms with Gasteiger partial charge in [-0.15, -0.1) is 0 Å². The molecule has 0 amide bonds. The van der Waals surface area contributed by atoms with E-state index in [4.69, 9.17) is 4.74 Å². The van der Waals surface area contributed by atoms with Gasteiger partial charge in [-0.25, -0.2) is 4.98 Å². The molecule has 2 nitrogen and oxygen atoms in total. The Bertz CT molecular complexity index is 650. The maximum absolute atomic E-state index is 5.62. The van der Waals surface area contributed by atoms with E-state index in [9.17, 15) is 0 Å². The molecule has 0 aliphatic heterocycles. The first-order chi connectivity index (χ1) is 10.4. The summed E-state index contributed by atoms with van der Waals surface area (Å²) in [5.41, 5.74) is 4.31. The summed E-state index contributed by atoms with van der Waals surface area (Å²) in [4.78, 5) is 4.60. The molecule has 0 aliphatic carbocycles. The minimum Gasteiger partial charge on any atom is -0.478 e. The summed E-state index contributed by atoms with van der Waals surface area (Å²) < 4.78 is 5.62. The third-order valence-corrected chi connectivity index (χ3v) is 3.27. The molecule has 0 atom stereocenters. The van der Waals surface area contributed by atoms with Gasteiger partial charge in [0.25, 0.3) is 0 Å². The molecule has 0 spiro atoms. The van der Waals surface area contributed by atoms with Crippen molar-refractivity contribution in [3.05, 3.63) is 72.8 Å². The summed E-state index contributed by atoms with van der Waals surface area (Å²) in [6.07, 6.45) is 0. The van der Waals surface area contributed by atoms with Crippen LogP contribution in [-0.4, -0.2) is 11.6 Å². The van der Waals surface area contributed by atoms with E-state index in [0.717, 1.165) is 22.4 Å². The van der Waals surface area contributed by atoms with Crippen LogP contribution in [0.3, 0.4) is 0 Å². The number of nitrogens with zero attached hydrogens (tertiary/aromatic N) is 1. The van der Waals surface area contributed by atoms with E-state index in [1.807, 2.05) is 49.4 Å². The van der Waals surface area contributed by atoms with Crippen LogP contribution in [0.4, 0.5) is 0 Å². The Morgan fingerprint density at radius 3 is 2.00 bits per heavy atom. The van der Waals surface area contributed by atoms with Gasteiger partial charge in [0.1, 0.15) is 0 Å². The molecule has 0 fully saturated rings. The second kappa shape index (κ2) is 6.23. The number of ether oxygens (including phenoxy) is 1. The molecule has 2 aromatic carbocycles. The van der Waals surface area contributed by atoms with Crippen molar-refractivity contribution in [2.45, 2.75) is 6.92 Å². The predicted octanol–water partition coefficient (Wildman–Crippen LogP) is 4.81. The maximum Gasteiger partial charge on any atom is 0.214 e. The molecule has 0 saturated heterocycles. The van der Waals surface area contributed by atoms with E-state index >= 15 is 0 Å². The first kappa shape index (κ1) is 13.4. The van der Waals surface area contributed by atoms with Crippen molar-refractivity contribution in [1.82, 2.24) is 4.98 Å². The number of hydrogen-bond acceptors (Lipinski definition) is 2. The van der Waals surface area contributed by atoms with E-state index < -0.39 is 0 Å². The van der Waals surface area contributed by atoms with E-state index in [2.05, 4.69) is 35.3 Å². The normalized spacial score (nSPS) is 10.3. The molecule has 1 heterocycles. The topological polar surface area (TPSA) is 22.1 Å². The highest BCUT2D eigenvalue weighted by Crippen LogP contribution is 2.28. The first-order valence-corrected chi connectivity index (χ1v) is 7.12. The second-order valence-corrected chi connectivity index (χ2v) is 4.74. The van der Waals surface area contributed by atoms with Crippen LogP contribution in [0, 0.1) is 0 Å². The zero-order valence-corrected chi connectivity index (χ0v) is 12.0. The van der Waals surface area contributed by atoms with Crippen LogP contribution in [0.25, 0.3) is 22.4 Å². The summed E-state index contributed by atoms with van der Waals surface area (Å²) in [5.74, 6) is 0.665. The SMILES string of the molecule is CCOc1cc(-c2ccccc2)cc(-c2ccccc2)n1. The fraction of sp³-hybridized carbons (Fsp3) is 0.105. The van der Waals surface area contributed by atoms with Crippen molar-refractivity contribution < 1.29 is 4.74 Å². The highest BCUT2D eigenvalue weighted by atomic mass is 16.5. The molecule has 104 valence electrons. The lowest BCUT2D eigenvalue weighted by Gasteiger charge is -2.09. The molecule has 0 aliphatic rings. The average molecular weight is 275 g/mol. The number of rotatable bonds is 4. The zero-order valence-electron chi connectivity index (χ0n) is 12.0. The largest absolute Gasteiger partial charge is 0.478 e. The molecule has 0 radical (unpaired) electrons. The zero-order chi connectivity index (χ0) is 14.5. The van der Waals surface area contributed by atoms with Crippen LogP contribution in [0.1, 0.15) is 6.92 Å². The summed E-state index contributed by atoms with van der Waals surface area (Å²) in [6, 6.07) is 24.6. The van der Waals surface area contributed by atoms with Gasteiger partial charge in [-0.3, -0.25) is 0 Å². The van der Waals surface area contributed by atoms with Crippen molar-refractivity contribution in [1.29, 1.82) is 0 Å². The lowest BCUT2D eigenvalue weighted by molar-refractivity contribution is 0.327. The average Bonchev–Trinajstić information content (AvgIpc) is 2.56. The Labute approximate surface area is 125 Å². The predicted molar refractivity (Wildman–Crippen MR) is 86.3 cm³/mol. The molecule has 3 aromatic rings. The minimum absolute atomic E-state index is 0.611. The van der Waals surface area contributed by atoms with Crippen LogP contribution in [0.15, 0.2) is 72.8 Å². The van der Waals surface area contributed by atoms with Crippen molar-refractivity contribution in [3.8, 4) is 28.3 Å². The van der Waals surface area contributed by atoms with Gasteiger partial charge in [-0.05, 0) is 24.1 Å². The highest BCUT2D eigenvalue weighted by Gasteiger charge is 2.07. The quantitative estimate of drug-likeness (QED) is 0.681. The third-order valence-electron chi connectivity index (χ3n) is 3.27. The van der Waals surface area contributed by atoms with Gasteiger partial charge in [0.2, 0.25) is 5.88 Å². The van der Waals surface area contributed by atoms with Crippen molar-refractivity contribution in [3.63, 3.8) is 0 Å². The van der Waals surface area contributed by atoms with Gasteiger partial charge in [-0.2, -0.15) is 0 Å². The summed E-state index contributed by atoms with van der Waals surface area (Å²) in [5, 5.41) is 0. The molecule has 0 saturated carbocycles. The van der Waals surface area contributed by atoms with E-state index in [1.165, 1.54) is 0 Å². The lowest BCUT2D eigenvalue weighted by atomic mass is 10.0. The maximum atomic E-state index is 5.62. The Kier molecular flexibility index (Phi) is 3.97. The van der Waals surface area contributed by atoms with Gasteiger partial charge in [0.15, 0.2) is 0 Å². The van der Waals surface area contributed by atoms with Crippen LogP contribution in [0.5, 0.6) is 5.88 Å². The lowest BCUT2D eigenvalue weighted by Crippen LogP contribution is -1.96. The number of aromatic nitrogens is 1. The van der Waals surface area contributed by atoms with Gasteiger partial charge < -0.3 is 4.74 Å². The van der Waals surface area contributed by atoms with E-state index in [0.29, 0.717) is 12.5 Å². The van der Waals surface area contributed by atoms with Crippen LogP contribution in [-0.2, 0) is 0 Å². The molecule has 0 bridgehead atoms. The monoisotopic (exact) mass is 275 g/mol. The fourth-order valence-corrected chi connectivity index (χ4v) is 2.28. The standard InChI is InChI=1S/C19H17NO/c1-2-21-19-14-17(15-9-5-3-6-10-15)13-18(20-19)16-11-7-4-8-12-16/h3-14H,2H2,1H3. The van der Waals surface area contributed by atoms with Crippen molar-refractivity contribution in [2.75, 3.05) is 6.61 Å². The Morgan fingerprint density at radius 1 is 0.762 bits per heavy atom. The first-order valence-electron chi connectivity index (χ1n) is 7.12. The molecule has 21 heavy (non-hydrogen) atoms. The van der Waals surface area contributed by atoms with Crippen LogP contribution >= 0.6 is 0 Å². The molecule has 0 N–H and O–H groups in total. The van der Waals surface area contributed by atoms with Crippen molar-refractivity contribution >= 4 is 0 Å². The molecule has 2 heteroatoms. The molecule has 1 aromatic heterocycles. The van der Waals surface area contributed by atoms with Gasteiger partial charge in [0.05, 0.1) is 12.3 Å². The van der Waals surface area contributed by atoms with Crippen LogP contribution < -0.4 is 4.74 Å². The molecular formula is C19H17NO. The van der Waals surface area contributed by atoms with Crippen molar-refractivity contribution in [2.24, 2.45) is 0 Å². The molecular weight excluding hydrogens is 258 g/mol. The Hall–Kier alpha value is -2.61. The van der Waals surface area contributed by atoms with Gasteiger partial charge in [0, 0.05) is 11.6 Å².